The van der Waals surface area contributed by atoms with E-state index in [9.17, 15) is 9.90 Å². The van der Waals surface area contributed by atoms with Crippen LogP contribution in [0, 0.1) is 0 Å². The zero-order valence-corrected chi connectivity index (χ0v) is 12.8. The van der Waals surface area contributed by atoms with Crippen molar-refractivity contribution < 1.29 is 9.90 Å². The molecule has 0 aromatic heterocycles. The van der Waals surface area contributed by atoms with Crippen LogP contribution in [0.3, 0.4) is 0 Å². The highest BCUT2D eigenvalue weighted by Crippen LogP contribution is 2.27. The van der Waals surface area contributed by atoms with Crippen LogP contribution in [0.4, 0.5) is 11.4 Å². The third-order valence-electron chi connectivity index (χ3n) is 2.85. The molecule has 1 amide bonds. The molecule has 0 saturated carbocycles. The number of carbonyl (C=O) groups is 1. The molecule has 0 bridgehead atoms. The van der Waals surface area contributed by atoms with E-state index in [1.165, 1.54) is 6.07 Å². The quantitative estimate of drug-likeness (QED) is 0.903. The molecule has 2 rings (SSSR count). The molecule has 2 aromatic carbocycles. The first-order chi connectivity index (χ1) is 9.47. The Morgan fingerprint density at radius 2 is 1.80 bits per heavy atom. The lowest BCUT2D eigenvalue weighted by atomic mass is 10.2. The summed E-state index contributed by atoms with van der Waals surface area (Å²) in [5.74, 6) is -0.122. The maximum Gasteiger partial charge on any atom is 0.255 e. The van der Waals surface area contributed by atoms with Crippen molar-refractivity contribution in [3.63, 3.8) is 0 Å². The minimum atomic E-state index is -0.211. The van der Waals surface area contributed by atoms with E-state index < -0.39 is 0 Å². The Kier molecular flexibility index (Phi) is 4.29. The number of anilines is 2. The molecule has 0 saturated heterocycles. The van der Waals surface area contributed by atoms with Crippen LogP contribution in [0.25, 0.3) is 0 Å². The number of nitrogens with one attached hydrogen (secondary N) is 1. The highest BCUT2D eigenvalue weighted by atomic mass is 79.9. The lowest BCUT2D eigenvalue weighted by Gasteiger charge is -2.12. The average molecular weight is 335 g/mol. The van der Waals surface area contributed by atoms with Crippen molar-refractivity contribution >= 4 is 33.2 Å². The lowest BCUT2D eigenvalue weighted by Crippen LogP contribution is -2.13. The molecule has 0 aliphatic rings. The minimum absolute atomic E-state index is 0.0887. The molecule has 0 aliphatic carbocycles. The number of nitrogens with zero attached hydrogens (tertiary/aromatic N) is 1. The van der Waals surface area contributed by atoms with Crippen LogP contribution in [-0.2, 0) is 0 Å². The predicted octanol–water partition coefficient (Wildman–Crippen LogP) is 3.47. The van der Waals surface area contributed by atoms with Gasteiger partial charge in [-0.05, 0) is 52.3 Å². The molecule has 5 heteroatoms. The highest BCUT2D eigenvalue weighted by Gasteiger charge is 2.07. The molecule has 2 N–H and O–H groups in total. The van der Waals surface area contributed by atoms with Crippen LogP contribution >= 0.6 is 15.9 Å². The SMILES string of the molecule is CN(C)c1ccc(C(=O)Nc2ccc(Br)c(O)c2)cc1. The molecule has 0 spiro atoms. The number of hydrogen-bond acceptors (Lipinski definition) is 3. The molecule has 104 valence electrons. The molecule has 0 heterocycles. The van der Waals surface area contributed by atoms with Gasteiger partial charge in [0, 0.05) is 37.1 Å². The van der Waals surface area contributed by atoms with E-state index in [0.29, 0.717) is 15.7 Å². The second-order valence-corrected chi connectivity index (χ2v) is 5.42. The summed E-state index contributed by atoms with van der Waals surface area (Å²) in [5, 5.41) is 12.3. The zero-order valence-electron chi connectivity index (χ0n) is 11.2. The number of amides is 1. The smallest absolute Gasteiger partial charge is 0.255 e. The van der Waals surface area contributed by atoms with Crippen molar-refractivity contribution in [2.24, 2.45) is 0 Å². The van der Waals surface area contributed by atoms with Gasteiger partial charge in [0.1, 0.15) is 5.75 Å². The van der Waals surface area contributed by atoms with E-state index in [0.717, 1.165) is 5.69 Å². The summed E-state index contributed by atoms with van der Waals surface area (Å²) >= 11 is 3.19. The molecule has 0 atom stereocenters. The van der Waals surface area contributed by atoms with Gasteiger partial charge in [0.15, 0.2) is 0 Å². The monoisotopic (exact) mass is 334 g/mol. The van der Waals surface area contributed by atoms with E-state index in [2.05, 4.69) is 21.2 Å². The Morgan fingerprint density at radius 3 is 2.35 bits per heavy atom. The van der Waals surface area contributed by atoms with Gasteiger partial charge in [-0.15, -0.1) is 0 Å². The Bertz CT molecular complexity index is 624. The van der Waals surface area contributed by atoms with Crippen molar-refractivity contribution in [2.45, 2.75) is 0 Å². The number of benzene rings is 2. The predicted molar refractivity (Wildman–Crippen MR) is 84.5 cm³/mol. The van der Waals surface area contributed by atoms with Crippen LogP contribution in [0.2, 0.25) is 0 Å². The fourth-order valence-corrected chi connectivity index (χ4v) is 1.95. The number of phenols is 1. The second kappa shape index (κ2) is 5.96. The van der Waals surface area contributed by atoms with E-state index >= 15 is 0 Å². The Balaban J connectivity index is 2.13. The van der Waals surface area contributed by atoms with Crippen LogP contribution in [0.15, 0.2) is 46.9 Å². The molecular formula is C15H15BrN2O2. The van der Waals surface area contributed by atoms with E-state index in [1.54, 1.807) is 24.3 Å². The molecule has 0 unspecified atom stereocenters. The molecule has 0 radical (unpaired) electrons. The number of aromatic hydroxyl groups is 1. The summed E-state index contributed by atoms with van der Waals surface area (Å²) in [4.78, 5) is 14.0. The topological polar surface area (TPSA) is 52.6 Å². The summed E-state index contributed by atoms with van der Waals surface area (Å²) < 4.78 is 0.589. The van der Waals surface area contributed by atoms with E-state index in [1.807, 2.05) is 31.1 Å². The van der Waals surface area contributed by atoms with Gasteiger partial charge >= 0.3 is 0 Å². The molecule has 0 fully saturated rings. The Hall–Kier alpha value is -2.01. The Labute approximate surface area is 126 Å². The number of hydrogen-bond donors (Lipinski definition) is 2. The van der Waals surface area contributed by atoms with Gasteiger partial charge in [-0.3, -0.25) is 4.79 Å². The lowest BCUT2D eigenvalue weighted by molar-refractivity contribution is 0.102. The Morgan fingerprint density at radius 1 is 1.15 bits per heavy atom. The third-order valence-corrected chi connectivity index (χ3v) is 3.52. The minimum Gasteiger partial charge on any atom is -0.507 e. The number of carbonyl (C=O) groups excluding carboxylic acids is 1. The van der Waals surface area contributed by atoms with Gasteiger partial charge in [0.2, 0.25) is 0 Å². The maximum absolute atomic E-state index is 12.1. The van der Waals surface area contributed by atoms with Crippen LogP contribution in [0.5, 0.6) is 5.75 Å². The third kappa shape index (κ3) is 3.30. The van der Waals surface area contributed by atoms with Crippen molar-refractivity contribution in [2.75, 3.05) is 24.3 Å². The van der Waals surface area contributed by atoms with Crippen LogP contribution in [0.1, 0.15) is 10.4 Å². The van der Waals surface area contributed by atoms with Crippen LogP contribution in [-0.4, -0.2) is 25.1 Å². The maximum atomic E-state index is 12.1. The number of rotatable bonds is 3. The van der Waals surface area contributed by atoms with Gasteiger partial charge in [-0.2, -0.15) is 0 Å². The molecule has 4 nitrogen and oxygen atoms in total. The summed E-state index contributed by atoms with van der Waals surface area (Å²) in [6.07, 6.45) is 0. The second-order valence-electron chi connectivity index (χ2n) is 4.56. The summed E-state index contributed by atoms with van der Waals surface area (Å²) in [7, 11) is 3.89. The fourth-order valence-electron chi connectivity index (χ4n) is 1.70. The average Bonchev–Trinajstić information content (AvgIpc) is 2.43. The van der Waals surface area contributed by atoms with Gasteiger partial charge in [0.05, 0.1) is 4.47 Å². The van der Waals surface area contributed by atoms with E-state index in [-0.39, 0.29) is 11.7 Å². The van der Waals surface area contributed by atoms with Gasteiger partial charge in [-0.1, -0.05) is 0 Å². The summed E-state index contributed by atoms with van der Waals surface area (Å²) in [6.45, 7) is 0. The molecular weight excluding hydrogens is 320 g/mol. The van der Waals surface area contributed by atoms with Crippen LogP contribution < -0.4 is 10.2 Å². The fraction of sp³-hybridized carbons (Fsp3) is 0.133. The van der Waals surface area contributed by atoms with Crippen molar-refractivity contribution in [1.82, 2.24) is 0 Å². The molecule has 2 aromatic rings. The van der Waals surface area contributed by atoms with Gasteiger partial charge in [-0.25, -0.2) is 0 Å². The molecule has 20 heavy (non-hydrogen) atoms. The van der Waals surface area contributed by atoms with Crippen molar-refractivity contribution in [3.8, 4) is 5.75 Å². The summed E-state index contributed by atoms with van der Waals surface area (Å²) in [5.41, 5.74) is 2.15. The zero-order chi connectivity index (χ0) is 14.7. The number of halogens is 1. The molecule has 0 aliphatic heterocycles. The highest BCUT2D eigenvalue weighted by molar-refractivity contribution is 9.10. The van der Waals surface area contributed by atoms with Crippen molar-refractivity contribution in [1.29, 1.82) is 0 Å². The first-order valence-electron chi connectivity index (χ1n) is 6.04. The normalized spacial score (nSPS) is 10.2. The summed E-state index contributed by atoms with van der Waals surface area (Å²) in [6, 6.07) is 12.2. The largest absolute Gasteiger partial charge is 0.507 e. The first kappa shape index (κ1) is 14.4. The first-order valence-corrected chi connectivity index (χ1v) is 6.84. The standard InChI is InChI=1S/C15H15BrN2O2/c1-18(2)12-6-3-10(4-7-12)15(20)17-11-5-8-13(16)14(19)9-11/h3-9,19H,1-2H3,(H,17,20). The van der Waals surface area contributed by atoms with E-state index in [4.69, 9.17) is 0 Å². The van der Waals surface area contributed by atoms with Crippen molar-refractivity contribution in [3.05, 3.63) is 52.5 Å². The van der Waals surface area contributed by atoms with Gasteiger partial charge in [0.25, 0.3) is 5.91 Å². The number of phenolic OH excluding ortho intramolecular Hbond substituents is 1. The van der Waals surface area contributed by atoms with Gasteiger partial charge < -0.3 is 15.3 Å².